The van der Waals surface area contributed by atoms with E-state index >= 15 is 0 Å². The molecule has 2 aliphatic rings. The summed E-state index contributed by atoms with van der Waals surface area (Å²) in [7, 11) is 0. The molecule has 0 spiro atoms. The van der Waals surface area contributed by atoms with Gasteiger partial charge in [-0.3, -0.25) is 9.69 Å². The van der Waals surface area contributed by atoms with E-state index in [2.05, 4.69) is 28.1 Å². The van der Waals surface area contributed by atoms with Crippen LogP contribution in [0, 0.1) is 12.8 Å². The second-order valence-electron chi connectivity index (χ2n) is 9.91. The Balaban J connectivity index is 1.43. The van der Waals surface area contributed by atoms with Crippen molar-refractivity contribution >= 4 is 34.8 Å². The van der Waals surface area contributed by atoms with Crippen LogP contribution in [-0.2, 0) is 4.79 Å². The molecule has 0 radical (unpaired) electrons. The average Bonchev–Trinajstić information content (AvgIpc) is 2.72. The van der Waals surface area contributed by atoms with Crippen LogP contribution >= 0.6 is 23.2 Å². The highest BCUT2D eigenvalue weighted by Crippen LogP contribution is 2.36. The number of rotatable bonds is 6. The average molecular weight is 470 g/mol. The van der Waals surface area contributed by atoms with Crippen LogP contribution in [0.5, 0.6) is 0 Å². The normalized spacial score (nSPS) is 25.5. The van der Waals surface area contributed by atoms with Crippen LogP contribution in [0.3, 0.4) is 0 Å². The van der Waals surface area contributed by atoms with E-state index in [4.69, 9.17) is 23.2 Å². The summed E-state index contributed by atoms with van der Waals surface area (Å²) in [5.41, 5.74) is 0.746. The Kier molecular flexibility index (Phi) is 8.17. The molecule has 174 valence electrons. The smallest absolute Gasteiger partial charge is 0.251 e. The fraction of sp³-hybridized carbons (Fsp3) is 0.708. The van der Waals surface area contributed by atoms with Gasteiger partial charge in [0.15, 0.2) is 0 Å². The number of aryl methyl sites for hydroxylation is 1. The Morgan fingerprint density at radius 1 is 1.16 bits per heavy atom. The molecule has 0 unspecified atom stereocenters. The van der Waals surface area contributed by atoms with Gasteiger partial charge in [-0.1, -0.05) is 29.3 Å². The molecule has 0 aromatic heterocycles. The maximum Gasteiger partial charge on any atom is 0.251 e. The zero-order valence-corrected chi connectivity index (χ0v) is 20.8. The van der Waals surface area contributed by atoms with Crippen molar-refractivity contribution in [2.24, 2.45) is 5.92 Å². The van der Waals surface area contributed by atoms with Crippen molar-refractivity contribution in [1.82, 2.24) is 10.2 Å². The monoisotopic (exact) mass is 469 g/mol. The lowest BCUT2D eigenvalue weighted by Gasteiger charge is -2.42. The van der Waals surface area contributed by atoms with E-state index in [-0.39, 0.29) is 11.9 Å². The van der Waals surface area contributed by atoms with Gasteiger partial charge in [-0.25, -0.2) is 0 Å². The molecule has 1 aliphatic carbocycles. The molecule has 7 heteroatoms. The molecule has 1 aromatic carbocycles. The minimum absolute atomic E-state index is 0.199. The van der Waals surface area contributed by atoms with Crippen molar-refractivity contribution in [3.05, 3.63) is 27.7 Å². The van der Waals surface area contributed by atoms with E-state index in [1.807, 2.05) is 13.0 Å². The van der Waals surface area contributed by atoms with Gasteiger partial charge < -0.3 is 15.3 Å². The van der Waals surface area contributed by atoms with E-state index < -0.39 is 5.60 Å². The highest BCUT2D eigenvalue weighted by Gasteiger charge is 2.30. The van der Waals surface area contributed by atoms with Gasteiger partial charge in [0.05, 0.1) is 15.7 Å². The van der Waals surface area contributed by atoms with Gasteiger partial charge in [0.1, 0.15) is 5.60 Å². The number of nitrogens with zero attached hydrogens (tertiary/aromatic N) is 2. The highest BCUT2D eigenvalue weighted by atomic mass is 35.5. The number of amides is 1. The Bertz CT molecular complexity index is 773. The topological polar surface area (TPSA) is 55.8 Å². The summed E-state index contributed by atoms with van der Waals surface area (Å²) < 4.78 is 0. The maximum atomic E-state index is 12.0. The lowest BCUT2D eigenvalue weighted by atomic mass is 9.83. The van der Waals surface area contributed by atoms with Crippen molar-refractivity contribution < 1.29 is 9.90 Å². The second kappa shape index (κ2) is 10.3. The first-order valence-electron chi connectivity index (χ1n) is 11.5. The molecule has 1 amide bonds. The molecule has 1 aromatic rings. The molecule has 2 fully saturated rings. The van der Waals surface area contributed by atoms with E-state index in [0.717, 1.165) is 63.1 Å². The third-order valence-corrected chi connectivity index (χ3v) is 7.83. The first-order valence-corrected chi connectivity index (χ1v) is 12.3. The van der Waals surface area contributed by atoms with Crippen molar-refractivity contribution in [2.45, 2.75) is 77.5 Å². The number of aliphatic hydroxyl groups is 1. The molecule has 1 saturated carbocycles. The number of piperazine rings is 1. The zero-order valence-electron chi connectivity index (χ0n) is 19.3. The van der Waals surface area contributed by atoms with Crippen LogP contribution in [-0.4, -0.2) is 59.8 Å². The highest BCUT2D eigenvalue weighted by molar-refractivity contribution is 6.44. The fourth-order valence-corrected chi connectivity index (χ4v) is 5.25. The molecule has 3 rings (SSSR count). The summed E-state index contributed by atoms with van der Waals surface area (Å²) in [6.07, 6.45) is 5.50. The van der Waals surface area contributed by atoms with Gasteiger partial charge in [0.2, 0.25) is 0 Å². The second-order valence-corrected chi connectivity index (χ2v) is 10.7. The summed E-state index contributed by atoms with van der Waals surface area (Å²) in [6, 6.07) is 4.72. The first-order chi connectivity index (χ1) is 14.6. The minimum atomic E-state index is -1.30. The molecule has 5 nitrogen and oxygen atoms in total. The van der Waals surface area contributed by atoms with Gasteiger partial charge in [-0.05, 0) is 83.9 Å². The number of hydrogen-bond donors (Lipinski definition) is 2. The molecular formula is C24H37Cl2N3O2. The SMILES string of the molecule is Cc1ccc(N2CCN(CCC3CCC(NC(=O)C(C)(C)O)CC3)C[C@H]2C)c(Cl)c1Cl. The molecular weight excluding hydrogens is 433 g/mol. The van der Waals surface area contributed by atoms with Crippen molar-refractivity contribution in [1.29, 1.82) is 0 Å². The molecule has 1 saturated heterocycles. The van der Waals surface area contributed by atoms with Gasteiger partial charge in [-0.15, -0.1) is 0 Å². The third-order valence-electron chi connectivity index (χ3n) is 6.87. The lowest BCUT2D eigenvalue weighted by molar-refractivity contribution is -0.137. The summed E-state index contributed by atoms with van der Waals surface area (Å²) in [4.78, 5) is 16.9. The molecule has 2 N–H and O–H groups in total. The number of benzene rings is 1. The molecule has 1 atom stereocenters. The molecule has 1 heterocycles. The predicted octanol–water partition coefficient (Wildman–Crippen LogP) is 4.65. The van der Waals surface area contributed by atoms with E-state index in [0.29, 0.717) is 22.0 Å². The van der Waals surface area contributed by atoms with Crippen LogP contribution in [0.15, 0.2) is 12.1 Å². The van der Waals surface area contributed by atoms with E-state index in [1.54, 1.807) is 0 Å². The maximum absolute atomic E-state index is 12.0. The van der Waals surface area contributed by atoms with Crippen molar-refractivity contribution in [3.63, 3.8) is 0 Å². The zero-order chi connectivity index (χ0) is 22.8. The summed E-state index contributed by atoms with van der Waals surface area (Å²) in [5, 5.41) is 14.1. The Hall–Kier alpha value is -1.01. The lowest BCUT2D eigenvalue weighted by Crippen LogP contribution is -2.52. The van der Waals surface area contributed by atoms with Crippen LogP contribution in [0.1, 0.15) is 58.4 Å². The molecule has 1 aliphatic heterocycles. The number of hydrogen-bond acceptors (Lipinski definition) is 4. The molecule has 31 heavy (non-hydrogen) atoms. The largest absolute Gasteiger partial charge is 0.381 e. The Morgan fingerprint density at radius 3 is 2.45 bits per heavy atom. The van der Waals surface area contributed by atoms with Crippen molar-refractivity contribution in [3.8, 4) is 0 Å². The van der Waals surface area contributed by atoms with E-state index in [9.17, 15) is 9.90 Å². The van der Waals surface area contributed by atoms with Gasteiger partial charge in [0.25, 0.3) is 5.91 Å². The summed E-state index contributed by atoms with van der Waals surface area (Å²) in [6.45, 7) is 11.4. The Labute approximate surface area is 197 Å². The van der Waals surface area contributed by atoms with Crippen LogP contribution < -0.4 is 10.2 Å². The first kappa shape index (κ1) is 24.6. The Morgan fingerprint density at radius 2 is 1.84 bits per heavy atom. The summed E-state index contributed by atoms with van der Waals surface area (Å²) >= 11 is 12.9. The number of carbonyl (C=O) groups excluding carboxylic acids is 1. The number of halogens is 2. The van der Waals surface area contributed by atoms with Gasteiger partial charge in [0, 0.05) is 31.7 Å². The predicted molar refractivity (Wildman–Crippen MR) is 129 cm³/mol. The van der Waals surface area contributed by atoms with Crippen LogP contribution in [0.2, 0.25) is 10.0 Å². The quantitative estimate of drug-likeness (QED) is 0.636. The minimum Gasteiger partial charge on any atom is -0.381 e. The fourth-order valence-electron chi connectivity index (χ4n) is 4.77. The van der Waals surface area contributed by atoms with Gasteiger partial charge >= 0.3 is 0 Å². The number of anilines is 1. The van der Waals surface area contributed by atoms with Crippen LogP contribution in [0.25, 0.3) is 0 Å². The third kappa shape index (κ3) is 6.28. The van der Waals surface area contributed by atoms with Crippen LogP contribution in [0.4, 0.5) is 5.69 Å². The van der Waals surface area contributed by atoms with Crippen molar-refractivity contribution in [2.75, 3.05) is 31.1 Å². The standard InChI is InChI=1S/C24H37Cl2N3O2/c1-16-5-10-20(22(26)21(16)25)29-14-13-28(15-17(29)2)12-11-18-6-8-19(9-7-18)27-23(30)24(3,4)31/h5,10,17-19,31H,6-9,11-15H2,1-4H3,(H,27,30)/t17-,18?,19?/m1/s1. The number of carbonyl (C=O) groups is 1. The van der Waals surface area contributed by atoms with E-state index in [1.165, 1.54) is 20.3 Å². The summed E-state index contributed by atoms with van der Waals surface area (Å²) in [5.74, 6) is 0.451. The number of nitrogens with one attached hydrogen (secondary N) is 1. The molecule has 0 bridgehead atoms. The van der Waals surface area contributed by atoms with Gasteiger partial charge in [-0.2, -0.15) is 0 Å².